The van der Waals surface area contributed by atoms with Gasteiger partial charge in [0.25, 0.3) is 0 Å². The largest absolute Gasteiger partial charge is 0.507 e. The van der Waals surface area contributed by atoms with Crippen molar-refractivity contribution in [1.29, 1.82) is 0 Å². The van der Waals surface area contributed by atoms with E-state index in [0.717, 1.165) is 0 Å². The first-order valence-corrected chi connectivity index (χ1v) is 9.22. The fourth-order valence-electron chi connectivity index (χ4n) is 3.69. The standard InChI is InChI=1S/C22H13ClO6/c23-12-5-3-11(4-6-12)14-10-28-22-19-13(16-2-1-7-27-16)8-18(25)29-17(19)9-15(24)20(22)21(14)26/h1-7,9-10,13,24H,8H2/t13-/m0/s1. The molecule has 29 heavy (non-hydrogen) atoms. The molecular weight excluding hydrogens is 396 g/mol. The number of phenolic OH excluding ortho intramolecular Hbond substituents is 1. The van der Waals surface area contributed by atoms with E-state index in [4.69, 9.17) is 25.2 Å². The van der Waals surface area contributed by atoms with E-state index in [1.54, 1.807) is 36.4 Å². The van der Waals surface area contributed by atoms with Crippen molar-refractivity contribution in [3.63, 3.8) is 0 Å². The lowest BCUT2D eigenvalue weighted by atomic mass is 9.88. The Morgan fingerprint density at radius 2 is 1.86 bits per heavy atom. The van der Waals surface area contributed by atoms with E-state index < -0.39 is 17.3 Å². The summed E-state index contributed by atoms with van der Waals surface area (Å²) in [5, 5.41) is 11.1. The van der Waals surface area contributed by atoms with Crippen molar-refractivity contribution in [3.05, 3.63) is 81.6 Å². The minimum atomic E-state index is -0.492. The van der Waals surface area contributed by atoms with Gasteiger partial charge in [-0.3, -0.25) is 9.59 Å². The van der Waals surface area contributed by atoms with Crippen LogP contribution in [0.1, 0.15) is 23.7 Å². The summed E-state index contributed by atoms with van der Waals surface area (Å²) in [7, 11) is 0. The van der Waals surface area contributed by atoms with E-state index in [9.17, 15) is 14.7 Å². The first kappa shape index (κ1) is 17.6. The number of rotatable bonds is 2. The van der Waals surface area contributed by atoms with Crippen LogP contribution in [0.5, 0.6) is 11.5 Å². The quantitative estimate of drug-likeness (QED) is 0.376. The van der Waals surface area contributed by atoms with E-state index in [-0.39, 0.29) is 34.5 Å². The van der Waals surface area contributed by atoms with Gasteiger partial charge in [-0.25, -0.2) is 0 Å². The summed E-state index contributed by atoms with van der Waals surface area (Å²) in [5.74, 6) is -0.586. The first-order chi connectivity index (χ1) is 14.0. The van der Waals surface area contributed by atoms with Gasteiger partial charge in [-0.2, -0.15) is 0 Å². The molecule has 0 bridgehead atoms. The molecule has 5 rings (SSSR count). The van der Waals surface area contributed by atoms with Crippen molar-refractivity contribution < 1.29 is 23.5 Å². The summed E-state index contributed by atoms with van der Waals surface area (Å²) >= 11 is 5.92. The third-order valence-corrected chi connectivity index (χ3v) is 5.26. The molecule has 0 fully saturated rings. The zero-order valence-corrected chi connectivity index (χ0v) is 15.6. The Labute approximate surface area is 168 Å². The molecule has 2 aromatic heterocycles. The number of esters is 1. The Balaban J connectivity index is 1.79. The van der Waals surface area contributed by atoms with Crippen LogP contribution in [0, 0.1) is 0 Å². The predicted octanol–water partition coefficient (Wildman–Crippen LogP) is 4.85. The second-order valence-electron chi connectivity index (χ2n) is 6.74. The Hall–Kier alpha value is -3.51. The van der Waals surface area contributed by atoms with Gasteiger partial charge < -0.3 is 18.7 Å². The molecule has 0 saturated heterocycles. The Morgan fingerprint density at radius 1 is 1.07 bits per heavy atom. The Morgan fingerprint density at radius 3 is 2.59 bits per heavy atom. The maximum atomic E-state index is 13.2. The number of aromatic hydroxyl groups is 1. The topological polar surface area (TPSA) is 89.9 Å². The summed E-state index contributed by atoms with van der Waals surface area (Å²) in [4.78, 5) is 25.3. The van der Waals surface area contributed by atoms with Crippen molar-refractivity contribution in [3.8, 4) is 22.6 Å². The van der Waals surface area contributed by atoms with Crippen LogP contribution in [0.3, 0.4) is 0 Å². The van der Waals surface area contributed by atoms with E-state index >= 15 is 0 Å². The zero-order chi connectivity index (χ0) is 20.1. The number of halogens is 1. The molecule has 0 unspecified atom stereocenters. The van der Waals surface area contributed by atoms with Crippen molar-refractivity contribution in [2.75, 3.05) is 0 Å². The van der Waals surface area contributed by atoms with Crippen LogP contribution in [0.15, 0.2) is 68.6 Å². The number of hydrogen-bond acceptors (Lipinski definition) is 6. The molecule has 1 atom stereocenters. The highest BCUT2D eigenvalue weighted by atomic mass is 35.5. The van der Waals surface area contributed by atoms with Crippen LogP contribution in [0.25, 0.3) is 22.1 Å². The highest BCUT2D eigenvalue weighted by Gasteiger charge is 2.35. The monoisotopic (exact) mass is 408 g/mol. The van der Waals surface area contributed by atoms with Crippen LogP contribution < -0.4 is 10.2 Å². The molecule has 1 aliphatic heterocycles. The average molecular weight is 409 g/mol. The maximum Gasteiger partial charge on any atom is 0.312 e. The molecule has 144 valence electrons. The Bertz CT molecular complexity index is 1300. The number of phenols is 1. The lowest BCUT2D eigenvalue weighted by Crippen LogP contribution is -2.21. The van der Waals surface area contributed by atoms with Gasteiger partial charge in [-0.15, -0.1) is 0 Å². The normalized spacial score (nSPS) is 15.9. The third-order valence-electron chi connectivity index (χ3n) is 5.01. The number of hydrogen-bond donors (Lipinski definition) is 1. The molecule has 0 radical (unpaired) electrons. The van der Waals surface area contributed by atoms with E-state index in [2.05, 4.69) is 0 Å². The van der Waals surface area contributed by atoms with Crippen LogP contribution in [-0.2, 0) is 4.79 Å². The van der Waals surface area contributed by atoms with E-state index in [1.165, 1.54) is 18.6 Å². The summed E-state index contributed by atoms with van der Waals surface area (Å²) in [6.45, 7) is 0. The summed E-state index contributed by atoms with van der Waals surface area (Å²) < 4.78 is 16.6. The molecule has 0 aliphatic carbocycles. The number of carbonyl (C=O) groups is 1. The molecule has 7 heteroatoms. The minimum absolute atomic E-state index is 0.0192. The highest BCUT2D eigenvalue weighted by Crippen LogP contribution is 2.45. The van der Waals surface area contributed by atoms with Crippen LogP contribution in [0.4, 0.5) is 0 Å². The average Bonchev–Trinajstić information content (AvgIpc) is 3.23. The molecule has 0 spiro atoms. The van der Waals surface area contributed by atoms with Crippen molar-refractivity contribution in [2.24, 2.45) is 0 Å². The van der Waals surface area contributed by atoms with Crippen molar-refractivity contribution in [2.45, 2.75) is 12.3 Å². The zero-order valence-electron chi connectivity index (χ0n) is 14.8. The fourth-order valence-corrected chi connectivity index (χ4v) is 3.82. The SMILES string of the molecule is O=C1C[C@@H](c2ccco2)c2c(cc(O)c3c(=O)c(-c4ccc(Cl)cc4)coc23)O1. The smallest absolute Gasteiger partial charge is 0.312 e. The molecular formula is C22H13ClO6. The number of carbonyl (C=O) groups excluding carboxylic acids is 1. The molecule has 1 aliphatic rings. The first-order valence-electron chi connectivity index (χ1n) is 8.84. The predicted molar refractivity (Wildman–Crippen MR) is 105 cm³/mol. The summed E-state index contributed by atoms with van der Waals surface area (Å²) in [6.07, 6.45) is 2.87. The van der Waals surface area contributed by atoms with Crippen LogP contribution in [-0.4, -0.2) is 11.1 Å². The van der Waals surface area contributed by atoms with Crippen LogP contribution in [0.2, 0.25) is 5.02 Å². The Kier molecular flexibility index (Phi) is 3.96. The van der Waals surface area contributed by atoms with Crippen molar-refractivity contribution in [1.82, 2.24) is 0 Å². The number of furan rings is 1. The maximum absolute atomic E-state index is 13.2. The molecule has 4 aromatic rings. The van der Waals surface area contributed by atoms with Crippen molar-refractivity contribution >= 4 is 28.5 Å². The van der Waals surface area contributed by atoms with Gasteiger partial charge in [0.15, 0.2) is 0 Å². The van der Waals surface area contributed by atoms with Gasteiger partial charge in [0.1, 0.15) is 34.5 Å². The van der Waals surface area contributed by atoms with E-state index in [1.807, 2.05) is 0 Å². The number of benzene rings is 2. The van der Waals surface area contributed by atoms with E-state index in [0.29, 0.717) is 21.9 Å². The van der Waals surface area contributed by atoms with Gasteiger partial charge in [0.2, 0.25) is 5.43 Å². The molecule has 3 heterocycles. The number of fused-ring (bicyclic) bond motifs is 3. The third kappa shape index (κ3) is 2.80. The number of ether oxygens (including phenoxy) is 1. The summed E-state index contributed by atoms with van der Waals surface area (Å²) in [5.41, 5.74) is 1.15. The highest BCUT2D eigenvalue weighted by molar-refractivity contribution is 6.30. The van der Waals surface area contributed by atoms with Gasteiger partial charge in [-0.05, 0) is 29.8 Å². The molecule has 0 amide bonds. The second kappa shape index (κ2) is 6.53. The lowest BCUT2D eigenvalue weighted by Gasteiger charge is -2.24. The van der Waals surface area contributed by atoms with Gasteiger partial charge in [0.05, 0.1) is 24.2 Å². The molecule has 0 saturated carbocycles. The summed E-state index contributed by atoms with van der Waals surface area (Å²) in [6, 6.07) is 11.5. The van der Waals surface area contributed by atoms with Gasteiger partial charge in [-0.1, -0.05) is 23.7 Å². The molecule has 6 nitrogen and oxygen atoms in total. The lowest BCUT2D eigenvalue weighted by molar-refractivity contribution is -0.135. The second-order valence-corrected chi connectivity index (χ2v) is 7.18. The van der Waals surface area contributed by atoms with Gasteiger partial charge in [0, 0.05) is 16.7 Å². The molecule has 1 N–H and O–H groups in total. The minimum Gasteiger partial charge on any atom is -0.507 e. The molecule has 2 aromatic carbocycles. The van der Waals surface area contributed by atoms with Gasteiger partial charge >= 0.3 is 5.97 Å². The fraction of sp³-hybridized carbons (Fsp3) is 0.0909. The van der Waals surface area contributed by atoms with Crippen LogP contribution >= 0.6 is 11.6 Å².